The van der Waals surface area contributed by atoms with E-state index in [4.69, 9.17) is 17.3 Å². The third-order valence-electron chi connectivity index (χ3n) is 5.35. The number of thiophene rings is 1. The molecular formula is C20H25N4S2+. The van der Waals surface area contributed by atoms with Crippen LogP contribution in [0, 0.1) is 4.77 Å². The Labute approximate surface area is 163 Å². The third-order valence-corrected chi connectivity index (χ3v) is 6.78. The molecule has 0 aliphatic carbocycles. The first kappa shape index (κ1) is 17.6. The Morgan fingerprint density at radius 2 is 2.04 bits per heavy atom. The van der Waals surface area contributed by atoms with Gasteiger partial charge in [0.2, 0.25) is 4.77 Å². The second kappa shape index (κ2) is 7.47. The number of benzene rings is 1. The first-order chi connectivity index (χ1) is 12.7. The fourth-order valence-electron chi connectivity index (χ4n) is 4.05. The van der Waals surface area contributed by atoms with Gasteiger partial charge in [-0.05, 0) is 30.6 Å². The molecule has 4 nitrogen and oxygen atoms in total. The number of aromatic nitrogens is 3. The van der Waals surface area contributed by atoms with Crippen LogP contribution < -0.4 is 4.90 Å². The van der Waals surface area contributed by atoms with Crippen molar-refractivity contribution in [2.45, 2.75) is 45.9 Å². The highest BCUT2D eigenvalue weighted by Crippen LogP contribution is 2.27. The standard InChI is InChI=1S/C20H24N4S2/c1-3-17-16-11-13-26-18(16)10-12-22(17)14-24-20(25)23(4-2)19(21-24)15-8-6-5-7-9-15/h5-9,11,13,17H,3-4,10,12,14H2,1-2H3/p+1/t17-/m1/s1. The maximum atomic E-state index is 5.77. The van der Waals surface area contributed by atoms with Crippen LogP contribution in [0.15, 0.2) is 41.8 Å². The maximum Gasteiger partial charge on any atom is 0.203 e. The minimum Gasteiger partial charge on any atom is -0.310 e. The van der Waals surface area contributed by atoms with Crippen LogP contribution in [-0.4, -0.2) is 20.9 Å². The molecule has 0 radical (unpaired) electrons. The number of hydrogen-bond acceptors (Lipinski definition) is 3. The van der Waals surface area contributed by atoms with Gasteiger partial charge in [0.05, 0.1) is 6.54 Å². The molecule has 2 atom stereocenters. The van der Waals surface area contributed by atoms with E-state index in [2.05, 4.69) is 54.1 Å². The average molecular weight is 386 g/mol. The summed E-state index contributed by atoms with van der Waals surface area (Å²) in [5.41, 5.74) is 2.66. The molecule has 6 heteroatoms. The van der Waals surface area contributed by atoms with E-state index >= 15 is 0 Å². The number of nitrogens with one attached hydrogen (secondary N) is 1. The molecule has 26 heavy (non-hydrogen) atoms. The molecule has 0 saturated heterocycles. The molecule has 0 spiro atoms. The average Bonchev–Trinajstić information content (AvgIpc) is 3.27. The summed E-state index contributed by atoms with van der Waals surface area (Å²) in [5, 5.41) is 7.15. The monoisotopic (exact) mass is 385 g/mol. The van der Waals surface area contributed by atoms with Crippen LogP contribution in [0.4, 0.5) is 0 Å². The van der Waals surface area contributed by atoms with Crippen LogP contribution in [0.5, 0.6) is 0 Å². The van der Waals surface area contributed by atoms with Crippen LogP contribution in [0.25, 0.3) is 11.4 Å². The molecule has 1 aliphatic rings. The zero-order valence-corrected chi connectivity index (χ0v) is 16.9. The van der Waals surface area contributed by atoms with Crippen molar-refractivity contribution < 1.29 is 4.90 Å². The van der Waals surface area contributed by atoms with Gasteiger partial charge in [0.25, 0.3) is 0 Å². The van der Waals surface area contributed by atoms with Crippen LogP contribution in [0.2, 0.25) is 0 Å². The Hall–Kier alpha value is -1.76. The fraction of sp³-hybridized carbons (Fsp3) is 0.400. The van der Waals surface area contributed by atoms with Gasteiger partial charge in [0, 0.05) is 35.4 Å². The molecule has 0 fully saturated rings. The van der Waals surface area contributed by atoms with Crippen molar-refractivity contribution in [3.63, 3.8) is 0 Å². The van der Waals surface area contributed by atoms with Gasteiger partial charge < -0.3 is 9.47 Å². The number of nitrogens with zero attached hydrogens (tertiary/aromatic N) is 3. The van der Waals surface area contributed by atoms with Gasteiger partial charge in [-0.1, -0.05) is 37.3 Å². The van der Waals surface area contributed by atoms with Crippen molar-refractivity contribution in [3.8, 4) is 11.4 Å². The minimum atomic E-state index is 0.541. The number of quaternary nitrogens is 1. The summed E-state index contributed by atoms with van der Waals surface area (Å²) in [6.07, 6.45) is 2.30. The predicted octanol–water partition coefficient (Wildman–Crippen LogP) is 3.71. The Kier molecular flexibility index (Phi) is 5.07. The molecule has 4 rings (SSSR count). The van der Waals surface area contributed by atoms with Crippen molar-refractivity contribution in [2.75, 3.05) is 6.54 Å². The lowest BCUT2D eigenvalue weighted by Gasteiger charge is -2.31. The van der Waals surface area contributed by atoms with Gasteiger partial charge in [-0.3, -0.25) is 0 Å². The van der Waals surface area contributed by atoms with Gasteiger partial charge in [0.1, 0.15) is 6.04 Å². The van der Waals surface area contributed by atoms with E-state index in [1.807, 2.05) is 22.1 Å². The molecule has 136 valence electrons. The highest BCUT2D eigenvalue weighted by molar-refractivity contribution is 7.71. The van der Waals surface area contributed by atoms with Gasteiger partial charge in [-0.25, -0.2) is 0 Å². The lowest BCUT2D eigenvalue weighted by atomic mass is 9.98. The van der Waals surface area contributed by atoms with Crippen molar-refractivity contribution >= 4 is 23.6 Å². The topological polar surface area (TPSA) is 27.2 Å². The summed E-state index contributed by atoms with van der Waals surface area (Å²) in [6.45, 7) is 7.24. The highest BCUT2D eigenvalue weighted by atomic mass is 32.1. The molecular weight excluding hydrogens is 360 g/mol. The van der Waals surface area contributed by atoms with E-state index in [1.165, 1.54) is 5.56 Å². The third kappa shape index (κ3) is 3.06. The molecule has 0 amide bonds. The quantitative estimate of drug-likeness (QED) is 0.678. The molecule has 2 aromatic heterocycles. The maximum absolute atomic E-state index is 5.77. The molecule has 1 aliphatic heterocycles. The van der Waals surface area contributed by atoms with Crippen molar-refractivity contribution in [3.05, 3.63) is 57.0 Å². The first-order valence-corrected chi connectivity index (χ1v) is 10.7. The Morgan fingerprint density at radius 1 is 1.23 bits per heavy atom. The van der Waals surface area contributed by atoms with E-state index in [0.717, 1.165) is 48.8 Å². The molecule has 0 saturated carbocycles. The fourth-order valence-corrected chi connectivity index (χ4v) is 5.32. The summed E-state index contributed by atoms with van der Waals surface area (Å²) in [5.74, 6) is 0.971. The van der Waals surface area contributed by atoms with E-state index in [-0.39, 0.29) is 0 Å². The van der Waals surface area contributed by atoms with Crippen LogP contribution >= 0.6 is 23.6 Å². The van der Waals surface area contributed by atoms with Crippen molar-refractivity contribution in [1.29, 1.82) is 0 Å². The first-order valence-electron chi connectivity index (χ1n) is 9.36. The lowest BCUT2D eigenvalue weighted by molar-refractivity contribution is -0.956. The van der Waals surface area contributed by atoms with Gasteiger partial charge in [0.15, 0.2) is 12.5 Å². The summed E-state index contributed by atoms with van der Waals surface area (Å²) < 4.78 is 5.01. The van der Waals surface area contributed by atoms with Crippen LogP contribution in [0.1, 0.15) is 36.8 Å². The minimum absolute atomic E-state index is 0.541. The van der Waals surface area contributed by atoms with Gasteiger partial charge in [-0.2, -0.15) is 4.68 Å². The molecule has 3 heterocycles. The summed E-state index contributed by atoms with van der Waals surface area (Å²) in [6, 6.07) is 13.2. The molecule has 1 N–H and O–H groups in total. The largest absolute Gasteiger partial charge is 0.310 e. The summed E-state index contributed by atoms with van der Waals surface area (Å²) >= 11 is 7.67. The zero-order chi connectivity index (χ0) is 18.1. The molecule has 0 bridgehead atoms. The number of fused-ring (bicyclic) bond motifs is 1. The molecule has 1 unspecified atom stereocenters. The van der Waals surface area contributed by atoms with Crippen LogP contribution in [-0.2, 0) is 19.6 Å². The van der Waals surface area contributed by atoms with Crippen LogP contribution in [0.3, 0.4) is 0 Å². The highest BCUT2D eigenvalue weighted by Gasteiger charge is 2.31. The zero-order valence-electron chi connectivity index (χ0n) is 15.3. The normalized spacial score (nSPS) is 19.5. The predicted molar refractivity (Wildman–Crippen MR) is 109 cm³/mol. The van der Waals surface area contributed by atoms with Crippen molar-refractivity contribution in [1.82, 2.24) is 14.3 Å². The summed E-state index contributed by atoms with van der Waals surface area (Å²) in [4.78, 5) is 3.13. The van der Waals surface area contributed by atoms with E-state index in [1.54, 1.807) is 9.78 Å². The summed E-state index contributed by atoms with van der Waals surface area (Å²) in [7, 11) is 0. The molecule has 1 aromatic carbocycles. The Morgan fingerprint density at radius 3 is 2.77 bits per heavy atom. The smallest absolute Gasteiger partial charge is 0.203 e. The second-order valence-corrected chi connectivity index (χ2v) is 8.16. The van der Waals surface area contributed by atoms with Crippen molar-refractivity contribution in [2.24, 2.45) is 0 Å². The Bertz CT molecular complexity index is 938. The van der Waals surface area contributed by atoms with E-state index in [9.17, 15) is 0 Å². The van der Waals surface area contributed by atoms with E-state index < -0.39 is 0 Å². The van der Waals surface area contributed by atoms with Gasteiger partial charge >= 0.3 is 0 Å². The Balaban J connectivity index is 1.67. The van der Waals surface area contributed by atoms with E-state index in [0.29, 0.717) is 6.04 Å². The number of hydrogen-bond donors (Lipinski definition) is 1. The second-order valence-electron chi connectivity index (χ2n) is 6.79. The molecule has 3 aromatic rings. The lowest BCUT2D eigenvalue weighted by Crippen LogP contribution is -3.12. The number of rotatable bonds is 5. The SMILES string of the molecule is CC[C@@H]1c2ccsc2CC[NH+]1Cn1nc(-c2ccccc2)n(CC)c1=S. The van der Waals surface area contributed by atoms with Gasteiger partial charge in [-0.15, -0.1) is 16.4 Å².